The number of aromatic nitrogens is 1. The van der Waals surface area contributed by atoms with E-state index in [-0.39, 0.29) is 17.2 Å². The standard InChI is InChI=1S/C16H17ClFN3O2/c1-10(22)20-5-7-21(8-6-20)13-9-11-12(17)3-4-19-15(11)14(18)16(13)23-2/h3-4,9H,5-8H2,1-2H3. The van der Waals surface area contributed by atoms with Gasteiger partial charge in [0.05, 0.1) is 17.8 Å². The first-order valence-electron chi connectivity index (χ1n) is 7.34. The number of piperazine rings is 1. The molecule has 1 amide bonds. The van der Waals surface area contributed by atoms with Gasteiger partial charge >= 0.3 is 0 Å². The lowest BCUT2D eigenvalue weighted by Crippen LogP contribution is -2.48. The fraction of sp³-hybridized carbons (Fsp3) is 0.375. The molecule has 23 heavy (non-hydrogen) atoms. The molecule has 0 aliphatic carbocycles. The summed E-state index contributed by atoms with van der Waals surface area (Å²) in [5, 5.41) is 0.997. The van der Waals surface area contributed by atoms with Gasteiger partial charge in [-0.05, 0) is 12.1 Å². The number of pyridine rings is 1. The van der Waals surface area contributed by atoms with Crippen LogP contribution in [0.1, 0.15) is 6.92 Å². The number of anilines is 1. The Morgan fingerprint density at radius 3 is 2.65 bits per heavy atom. The van der Waals surface area contributed by atoms with E-state index in [0.29, 0.717) is 42.3 Å². The molecule has 0 N–H and O–H groups in total. The maximum Gasteiger partial charge on any atom is 0.219 e. The largest absolute Gasteiger partial charge is 0.492 e. The van der Waals surface area contributed by atoms with Crippen molar-refractivity contribution >= 4 is 34.1 Å². The minimum absolute atomic E-state index is 0.0496. The van der Waals surface area contributed by atoms with Gasteiger partial charge in [-0.2, -0.15) is 0 Å². The zero-order valence-corrected chi connectivity index (χ0v) is 13.7. The molecule has 5 nitrogen and oxygen atoms in total. The van der Waals surface area contributed by atoms with E-state index in [1.54, 1.807) is 24.0 Å². The second-order valence-corrected chi connectivity index (χ2v) is 5.83. The number of benzene rings is 1. The Kier molecular flexibility index (Phi) is 4.26. The van der Waals surface area contributed by atoms with E-state index in [9.17, 15) is 9.18 Å². The number of hydrogen-bond acceptors (Lipinski definition) is 4. The molecular weight excluding hydrogens is 321 g/mol. The molecule has 2 aromatic rings. The summed E-state index contributed by atoms with van der Waals surface area (Å²) >= 11 is 6.18. The predicted molar refractivity (Wildman–Crippen MR) is 87.7 cm³/mol. The van der Waals surface area contributed by atoms with Crippen LogP contribution in [0.4, 0.5) is 10.1 Å². The highest BCUT2D eigenvalue weighted by Crippen LogP contribution is 2.38. The molecule has 0 spiro atoms. The maximum absolute atomic E-state index is 14.7. The fourth-order valence-electron chi connectivity index (χ4n) is 2.88. The van der Waals surface area contributed by atoms with Gasteiger partial charge < -0.3 is 14.5 Å². The van der Waals surface area contributed by atoms with Gasteiger partial charge in [0.15, 0.2) is 11.6 Å². The molecule has 0 atom stereocenters. The van der Waals surface area contributed by atoms with Crippen LogP contribution < -0.4 is 9.64 Å². The number of fused-ring (bicyclic) bond motifs is 1. The zero-order valence-electron chi connectivity index (χ0n) is 13.0. The number of rotatable bonds is 2. The van der Waals surface area contributed by atoms with E-state index in [4.69, 9.17) is 16.3 Å². The van der Waals surface area contributed by atoms with Gasteiger partial charge in [0.25, 0.3) is 0 Å². The lowest BCUT2D eigenvalue weighted by atomic mass is 10.1. The van der Waals surface area contributed by atoms with Crippen LogP contribution in [0, 0.1) is 5.82 Å². The molecule has 1 aliphatic rings. The first kappa shape index (κ1) is 15.8. The van der Waals surface area contributed by atoms with Gasteiger partial charge in [0.1, 0.15) is 5.52 Å². The van der Waals surface area contributed by atoms with Crippen molar-refractivity contribution in [1.29, 1.82) is 0 Å². The highest BCUT2D eigenvalue weighted by molar-refractivity contribution is 6.35. The van der Waals surface area contributed by atoms with E-state index < -0.39 is 5.82 Å². The maximum atomic E-state index is 14.7. The number of hydrogen-bond donors (Lipinski definition) is 0. The molecule has 1 aromatic heterocycles. The average Bonchev–Trinajstić information content (AvgIpc) is 2.55. The van der Waals surface area contributed by atoms with E-state index >= 15 is 0 Å². The topological polar surface area (TPSA) is 45.7 Å². The summed E-state index contributed by atoms with van der Waals surface area (Å²) in [6.07, 6.45) is 1.47. The first-order chi connectivity index (χ1) is 11.0. The smallest absolute Gasteiger partial charge is 0.219 e. The van der Waals surface area contributed by atoms with Crippen LogP contribution in [0.3, 0.4) is 0 Å². The van der Waals surface area contributed by atoms with Crippen LogP contribution in [-0.2, 0) is 4.79 Å². The summed E-state index contributed by atoms with van der Waals surface area (Å²) in [6.45, 7) is 3.97. The predicted octanol–water partition coefficient (Wildman–Crippen LogP) is 2.70. The van der Waals surface area contributed by atoms with Crippen molar-refractivity contribution in [3.63, 3.8) is 0 Å². The van der Waals surface area contributed by atoms with Crippen molar-refractivity contribution in [2.24, 2.45) is 0 Å². The van der Waals surface area contributed by atoms with Crippen LogP contribution >= 0.6 is 11.6 Å². The molecule has 0 bridgehead atoms. The Morgan fingerprint density at radius 2 is 2.04 bits per heavy atom. The summed E-state index contributed by atoms with van der Waals surface area (Å²) in [7, 11) is 1.43. The number of methoxy groups -OCH3 is 1. The molecule has 1 saturated heterocycles. The molecule has 1 aromatic carbocycles. The summed E-state index contributed by atoms with van der Waals surface area (Å²) in [5.74, 6) is -0.311. The van der Waals surface area contributed by atoms with Crippen molar-refractivity contribution in [3.05, 3.63) is 29.2 Å². The third-order valence-corrected chi connectivity index (χ3v) is 4.46. The van der Waals surface area contributed by atoms with Crippen LogP contribution in [0.15, 0.2) is 18.3 Å². The van der Waals surface area contributed by atoms with E-state index in [0.717, 1.165) is 0 Å². The molecule has 3 rings (SSSR count). The van der Waals surface area contributed by atoms with Gasteiger partial charge in [-0.3, -0.25) is 9.78 Å². The number of ether oxygens (including phenoxy) is 1. The molecule has 1 aliphatic heterocycles. The summed E-state index contributed by atoms with van der Waals surface area (Å²) in [4.78, 5) is 19.3. The number of carbonyl (C=O) groups excluding carboxylic acids is 1. The first-order valence-corrected chi connectivity index (χ1v) is 7.72. The second-order valence-electron chi connectivity index (χ2n) is 5.42. The third-order valence-electron chi connectivity index (χ3n) is 4.13. The monoisotopic (exact) mass is 337 g/mol. The van der Waals surface area contributed by atoms with Crippen molar-refractivity contribution in [2.75, 3.05) is 38.2 Å². The van der Waals surface area contributed by atoms with Crippen LogP contribution in [-0.4, -0.2) is 49.1 Å². The molecule has 0 radical (unpaired) electrons. The van der Waals surface area contributed by atoms with Gasteiger partial charge in [-0.25, -0.2) is 4.39 Å². The normalized spacial score (nSPS) is 15.1. The SMILES string of the molecule is COc1c(N2CCN(C(C)=O)CC2)cc2c(Cl)ccnc2c1F. The second kappa shape index (κ2) is 6.20. The number of nitrogens with zero attached hydrogens (tertiary/aromatic N) is 3. The quantitative estimate of drug-likeness (QED) is 0.845. The molecule has 0 unspecified atom stereocenters. The Balaban J connectivity index is 2.04. The Bertz CT molecular complexity index is 761. The lowest BCUT2D eigenvalue weighted by Gasteiger charge is -2.36. The summed E-state index contributed by atoms with van der Waals surface area (Å²) in [5.41, 5.74) is 0.830. The zero-order chi connectivity index (χ0) is 16.6. The average molecular weight is 338 g/mol. The molecule has 122 valence electrons. The molecule has 2 heterocycles. The minimum Gasteiger partial charge on any atom is -0.492 e. The van der Waals surface area contributed by atoms with E-state index in [1.807, 2.05) is 4.90 Å². The van der Waals surface area contributed by atoms with Crippen molar-refractivity contribution in [2.45, 2.75) is 6.92 Å². The number of carbonyl (C=O) groups is 1. The Labute approximate surface area is 138 Å². The van der Waals surface area contributed by atoms with Crippen LogP contribution in [0.2, 0.25) is 5.02 Å². The molecule has 1 fully saturated rings. The minimum atomic E-state index is -0.517. The van der Waals surface area contributed by atoms with Crippen molar-refractivity contribution < 1.29 is 13.9 Å². The van der Waals surface area contributed by atoms with Gasteiger partial charge in [-0.15, -0.1) is 0 Å². The highest BCUT2D eigenvalue weighted by atomic mass is 35.5. The fourth-order valence-corrected chi connectivity index (χ4v) is 3.08. The van der Waals surface area contributed by atoms with Crippen LogP contribution in [0.5, 0.6) is 5.75 Å². The lowest BCUT2D eigenvalue weighted by molar-refractivity contribution is -0.129. The number of halogens is 2. The highest BCUT2D eigenvalue weighted by Gasteiger charge is 2.24. The van der Waals surface area contributed by atoms with Gasteiger partial charge in [-0.1, -0.05) is 11.6 Å². The van der Waals surface area contributed by atoms with E-state index in [2.05, 4.69) is 4.98 Å². The summed E-state index contributed by atoms with van der Waals surface area (Å²) in [6, 6.07) is 3.43. The Hall–Kier alpha value is -2.08. The molecule has 0 saturated carbocycles. The van der Waals surface area contributed by atoms with Gasteiger partial charge in [0, 0.05) is 44.7 Å². The van der Waals surface area contributed by atoms with E-state index in [1.165, 1.54) is 13.3 Å². The third kappa shape index (κ3) is 2.79. The molecule has 7 heteroatoms. The van der Waals surface area contributed by atoms with Gasteiger partial charge in [0.2, 0.25) is 5.91 Å². The Morgan fingerprint density at radius 1 is 1.35 bits per heavy atom. The van der Waals surface area contributed by atoms with Crippen molar-refractivity contribution in [1.82, 2.24) is 9.88 Å². The van der Waals surface area contributed by atoms with Crippen LogP contribution in [0.25, 0.3) is 10.9 Å². The summed E-state index contributed by atoms with van der Waals surface area (Å²) < 4.78 is 20.0. The van der Waals surface area contributed by atoms with Crippen molar-refractivity contribution in [3.8, 4) is 5.75 Å². The number of amides is 1. The molecular formula is C16H17ClFN3O2.